The van der Waals surface area contributed by atoms with Crippen LogP contribution < -0.4 is 21.3 Å². The van der Waals surface area contributed by atoms with Gasteiger partial charge in [0.2, 0.25) is 36.5 Å². The van der Waals surface area contributed by atoms with Gasteiger partial charge in [0.15, 0.2) is 22.7 Å². The highest BCUT2D eigenvalue weighted by atomic mass is 19.4. The molecule has 0 bridgehead atoms. The minimum atomic E-state index is -4.74. The number of imidazole rings is 2. The quantitative estimate of drug-likeness (QED) is 0.0524. The van der Waals surface area contributed by atoms with Gasteiger partial charge in [-0.25, -0.2) is 54.1 Å². The fraction of sp³-hybridized carbons (Fsp3) is 0.560. The van der Waals surface area contributed by atoms with E-state index in [0.717, 1.165) is 12.4 Å². The fourth-order valence-electron chi connectivity index (χ4n) is 9.73. The molecule has 2 fully saturated rings. The Morgan fingerprint density at radius 1 is 0.610 bits per heavy atom. The molecular formula is C50H54F14N12O6. The number of fused-ring (bicyclic) bond motifs is 2. The van der Waals surface area contributed by atoms with Crippen molar-refractivity contribution >= 4 is 34.9 Å². The van der Waals surface area contributed by atoms with Crippen molar-refractivity contribution in [1.82, 2.24) is 60.8 Å². The van der Waals surface area contributed by atoms with E-state index in [-0.39, 0.29) is 70.9 Å². The first-order chi connectivity index (χ1) is 38.5. The minimum Gasteiger partial charge on any atom is -0.364 e. The molecule has 0 aliphatic heterocycles. The molecule has 82 heavy (non-hydrogen) atoms. The molecule has 4 amide bonds. The normalized spacial score (nSPS) is 17.5. The third kappa shape index (κ3) is 16.4. The van der Waals surface area contributed by atoms with E-state index in [1.165, 1.54) is 46.1 Å². The Hall–Kier alpha value is -7.44. The van der Waals surface area contributed by atoms with Crippen LogP contribution in [0.3, 0.4) is 0 Å². The summed E-state index contributed by atoms with van der Waals surface area (Å²) in [6, 6.07) is 0.740. The molecule has 6 aromatic rings. The van der Waals surface area contributed by atoms with Crippen molar-refractivity contribution in [2.24, 2.45) is 11.8 Å². The summed E-state index contributed by atoms with van der Waals surface area (Å²) < 4.78 is 196. The second-order valence-electron chi connectivity index (χ2n) is 19.9. The summed E-state index contributed by atoms with van der Waals surface area (Å²) in [4.78, 5) is 59.8. The molecule has 0 saturated heterocycles. The van der Waals surface area contributed by atoms with E-state index in [2.05, 4.69) is 41.1 Å². The molecular weight excluding hydrogens is 1130 g/mol. The van der Waals surface area contributed by atoms with Gasteiger partial charge in [-0.15, -0.1) is 0 Å². The summed E-state index contributed by atoms with van der Waals surface area (Å²) in [5.41, 5.74) is 1.50. The van der Waals surface area contributed by atoms with E-state index in [4.69, 9.17) is 9.05 Å². The van der Waals surface area contributed by atoms with Gasteiger partial charge in [-0.05, 0) is 73.6 Å². The van der Waals surface area contributed by atoms with E-state index in [1.54, 1.807) is 24.5 Å². The van der Waals surface area contributed by atoms with Crippen LogP contribution in [0.5, 0.6) is 0 Å². The second-order valence-corrected chi connectivity index (χ2v) is 19.9. The SMILES string of the molecule is CCc1conc1C(=O)NC(c1cn2ncc(C(CC(F)F)C(=O)NCC(F)(F)F)cc2n1)C1CCC(F)(F)CC1.CCc1conc1C(=O)NC(c1cn2ncc(C(CC(F)F)C(=O)NCC(F)(F)F)cc2n1)C1CCC(F)(F)CC1. The monoisotopic (exact) mass is 1180 g/mol. The lowest BCUT2D eigenvalue weighted by Gasteiger charge is -2.33. The van der Waals surface area contributed by atoms with Gasteiger partial charge in [-0.1, -0.05) is 24.2 Å². The third-order valence-corrected chi connectivity index (χ3v) is 14.1. The number of hydrogen-bond donors (Lipinski definition) is 4. The molecule has 4 N–H and O–H groups in total. The summed E-state index contributed by atoms with van der Waals surface area (Å²) in [6.45, 7) is 0.198. The summed E-state index contributed by atoms with van der Waals surface area (Å²) in [7, 11) is 0. The van der Waals surface area contributed by atoms with Crippen molar-refractivity contribution in [3.8, 4) is 0 Å². The average Bonchev–Trinajstić information content (AvgIpc) is 4.35. The Balaban J connectivity index is 0.000000236. The zero-order chi connectivity index (χ0) is 59.9. The number of amides is 4. The predicted molar refractivity (Wildman–Crippen MR) is 257 cm³/mol. The number of hydrogen-bond acceptors (Lipinski definition) is 12. The maximum absolute atomic E-state index is 13.9. The Labute approximate surface area is 455 Å². The van der Waals surface area contributed by atoms with Crippen molar-refractivity contribution in [3.05, 3.63) is 94.5 Å². The predicted octanol–water partition coefficient (Wildman–Crippen LogP) is 9.99. The topological polar surface area (TPSA) is 229 Å². The van der Waals surface area contributed by atoms with Gasteiger partial charge in [0.1, 0.15) is 25.6 Å². The van der Waals surface area contributed by atoms with Crippen molar-refractivity contribution in [2.45, 2.75) is 152 Å². The van der Waals surface area contributed by atoms with E-state index in [0.29, 0.717) is 24.0 Å². The van der Waals surface area contributed by atoms with Gasteiger partial charge in [-0.3, -0.25) is 19.2 Å². The van der Waals surface area contributed by atoms with Crippen LogP contribution in [-0.4, -0.2) is 113 Å². The largest absolute Gasteiger partial charge is 0.405 e. The first kappa shape index (κ1) is 62.2. The summed E-state index contributed by atoms with van der Waals surface area (Å²) in [6.07, 6.45) is -10.4. The Kier molecular flexibility index (Phi) is 19.5. The third-order valence-electron chi connectivity index (χ3n) is 14.1. The molecule has 6 aromatic heterocycles. The lowest BCUT2D eigenvalue weighted by molar-refractivity contribution is -0.139. The van der Waals surface area contributed by atoms with Crippen LogP contribution in [0, 0.1) is 11.8 Å². The van der Waals surface area contributed by atoms with E-state index in [9.17, 15) is 80.6 Å². The number of halogens is 14. The van der Waals surface area contributed by atoms with Gasteiger partial charge >= 0.3 is 12.4 Å². The van der Waals surface area contributed by atoms with Crippen LogP contribution in [0.4, 0.5) is 61.5 Å². The van der Waals surface area contributed by atoms with E-state index >= 15 is 0 Å². The van der Waals surface area contributed by atoms with Crippen LogP contribution in [0.15, 0.2) is 58.5 Å². The standard InChI is InChI=1S/2C25H27F7N6O3/c2*1-2-13-11-41-37-21(13)23(40)36-20(14-3-5-24(28,29)6-4-14)17-10-38-19(35-17)7-15(9-34-38)16(8-18(26)27)22(39)33-12-25(30,31)32/h2*7,9-11,14,16,18,20H,2-6,8,12H2,1H3,(H,33,39)(H,36,40). The number of carbonyl (C=O) groups is 4. The molecule has 448 valence electrons. The van der Waals surface area contributed by atoms with Crippen molar-refractivity contribution in [2.75, 3.05) is 13.1 Å². The Morgan fingerprint density at radius 2 is 0.963 bits per heavy atom. The number of nitrogens with one attached hydrogen (secondary N) is 4. The molecule has 0 spiro atoms. The summed E-state index contributed by atoms with van der Waals surface area (Å²) in [5.74, 6) is -13.6. The van der Waals surface area contributed by atoms with Gasteiger partial charge in [0.05, 0.1) is 60.1 Å². The highest BCUT2D eigenvalue weighted by molar-refractivity contribution is 5.94. The smallest absolute Gasteiger partial charge is 0.364 e. The highest BCUT2D eigenvalue weighted by Crippen LogP contribution is 2.43. The lowest BCUT2D eigenvalue weighted by Crippen LogP contribution is -2.37. The molecule has 0 radical (unpaired) electrons. The minimum absolute atomic E-state index is 0.0301. The number of aryl methyl sites for hydroxylation is 2. The van der Waals surface area contributed by atoms with Crippen molar-refractivity contribution < 1.29 is 89.7 Å². The molecule has 0 aromatic carbocycles. The zero-order valence-corrected chi connectivity index (χ0v) is 43.5. The lowest BCUT2D eigenvalue weighted by atomic mass is 9.81. The van der Waals surface area contributed by atoms with Gasteiger partial charge in [0, 0.05) is 49.7 Å². The van der Waals surface area contributed by atoms with Gasteiger partial charge in [0.25, 0.3) is 11.8 Å². The average molecular weight is 1190 g/mol. The first-order valence-electron chi connectivity index (χ1n) is 25.7. The number of nitrogens with zero attached hydrogens (tertiary/aromatic N) is 8. The molecule has 8 rings (SSSR count). The van der Waals surface area contributed by atoms with Crippen LogP contribution >= 0.6 is 0 Å². The van der Waals surface area contributed by atoms with Gasteiger partial charge < -0.3 is 30.3 Å². The maximum atomic E-state index is 13.9. The molecule has 2 saturated carbocycles. The molecule has 4 atom stereocenters. The highest BCUT2D eigenvalue weighted by Gasteiger charge is 2.42. The number of alkyl halides is 14. The molecule has 18 nitrogen and oxygen atoms in total. The number of rotatable bonds is 20. The maximum Gasteiger partial charge on any atom is 0.405 e. The van der Waals surface area contributed by atoms with Crippen LogP contribution in [-0.2, 0) is 22.4 Å². The summed E-state index contributed by atoms with van der Waals surface area (Å²) in [5, 5.41) is 24.5. The molecule has 4 unspecified atom stereocenters. The van der Waals surface area contributed by atoms with E-state index < -0.39 is 148 Å². The Morgan fingerprint density at radius 3 is 1.28 bits per heavy atom. The molecule has 6 heterocycles. The van der Waals surface area contributed by atoms with Crippen LogP contribution in [0.1, 0.15) is 157 Å². The van der Waals surface area contributed by atoms with Gasteiger partial charge in [-0.2, -0.15) is 36.5 Å². The van der Waals surface area contributed by atoms with Crippen molar-refractivity contribution in [3.63, 3.8) is 0 Å². The first-order valence-corrected chi connectivity index (χ1v) is 25.7. The fourth-order valence-corrected chi connectivity index (χ4v) is 9.73. The Bertz CT molecular complexity index is 2930. The number of carbonyl (C=O) groups excluding carboxylic acids is 4. The van der Waals surface area contributed by atoms with Crippen LogP contribution in [0.25, 0.3) is 11.3 Å². The second kappa shape index (κ2) is 25.8. The zero-order valence-electron chi connectivity index (χ0n) is 43.5. The van der Waals surface area contributed by atoms with Crippen molar-refractivity contribution in [1.29, 1.82) is 0 Å². The van der Waals surface area contributed by atoms with E-state index in [1.807, 2.05) is 0 Å². The van der Waals surface area contributed by atoms with Crippen LogP contribution in [0.2, 0.25) is 0 Å². The molecule has 32 heteroatoms. The molecule has 2 aliphatic carbocycles. The number of aromatic nitrogens is 8. The molecule has 2 aliphatic rings. The summed E-state index contributed by atoms with van der Waals surface area (Å²) >= 11 is 0.